The number of nitrogens with zero attached hydrogens (tertiary/aromatic N) is 2. The average Bonchev–Trinajstić information content (AvgIpc) is 3.04. The molecule has 3 N–H and O–H groups in total. The number of likely N-dealkylation sites (tertiary alicyclic amines) is 1. The van der Waals surface area contributed by atoms with E-state index in [2.05, 4.69) is 4.90 Å². The fourth-order valence-corrected chi connectivity index (χ4v) is 3.46. The van der Waals surface area contributed by atoms with Crippen LogP contribution in [0.2, 0.25) is 0 Å². The first kappa shape index (κ1) is 18.4. The summed E-state index contributed by atoms with van der Waals surface area (Å²) in [6.45, 7) is 2.12. The van der Waals surface area contributed by atoms with Crippen LogP contribution in [-0.4, -0.2) is 48.7 Å². The highest BCUT2D eigenvalue weighted by Gasteiger charge is 2.27. The summed E-state index contributed by atoms with van der Waals surface area (Å²) in [7, 11) is 1.84. The molecule has 2 aromatic carbocycles. The van der Waals surface area contributed by atoms with Crippen LogP contribution in [0.15, 0.2) is 48.5 Å². The van der Waals surface area contributed by atoms with Gasteiger partial charge in [-0.1, -0.05) is 30.3 Å². The van der Waals surface area contributed by atoms with Crippen molar-refractivity contribution in [3.8, 4) is 0 Å². The molecule has 1 heterocycles. The minimum absolute atomic E-state index is 0.0876. The third kappa shape index (κ3) is 4.03. The van der Waals surface area contributed by atoms with Gasteiger partial charge < -0.3 is 15.7 Å². The molecule has 1 amide bonds. The molecule has 0 saturated carbocycles. The predicted octanol–water partition coefficient (Wildman–Crippen LogP) is 2.17. The molecule has 138 valence electrons. The lowest BCUT2D eigenvalue weighted by Crippen LogP contribution is -2.36. The number of aliphatic hydroxyl groups is 1. The van der Waals surface area contributed by atoms with Gasteiger partial charge in [-0.25, -0.2) is 4.39 Å². The third-order valence-corrected chi connectivity index (χ3v) is 4.94. The molecule has 0 bridgehead atoms. The van der Waals surface area contributed by atoms with Crippen LogP contribution in [0.5, 0.6) is 0 Å². The van der Waals surface area contributed by atoms with Crippen LogP contribution in [0.3, 0.4) is 0 Å². The highest BCUT2D eigenvalue weighted by atomic mass is 19.1. The molecule has 26 heavy (non-hydrogen) atoms. The van der Waals surface area contributed by atoms with Gasteiger partial charge in [-0.05, 0) is 30.2 Å². The number of aliphatic hydroxyl groups excluding tert-OH is 1. The van der Waals surface area contributed by atoms with Gasteiger partial charge >= 0.3 is 0 Å². The van der Waals surface area contributed by atoms with Gasteiger partial charge in [0.1, 0.15) is 5.82 Å². The molecule has 6 heteroatoms. The Hall–Kier alpha value is -2.44. The van der Waals surface area contributed by atoms with E-state index >= 15 is 0 Å². The van der Waals surface area contributed by atoms with Crippen LogP contribution in [0.25, 0.3) is 0 Å². The second-order valence-electron chi connectivity index (χ2n) is 6.77. The molecule has 0 radical (unpaired) electrons. The Morgan fingerprint density at radius 2 is 2.08 bits per heavy atom. The second-order valence-corrected chi connectivity index (χ2v) is 6.77. The van der Waals surface area contributed by atoms with Crippen molar-refractivity contribution in [2.24, 2.45) is 5.73 Å². The fraction of sp³-hybridized carbons (Fsp3) is 0.350. The average molecular weight is 357 g/mol. The third-order valence-electron chi connectivity index (χ3n) is 4.94. The van der Waals surface area contributed by atoms with Gasteiger partial charge in [0, 0.05) is 32.2 Å². The van der Waals surface area contributed by atoms with Crippen molar-refractivity contribution in [3.05, 3.63) is 65.5 Å². The standard InChI is InChI=1S/C20H24FN3O2/c1-23(18-8-7-15(20(22)26)11-17(18)21)19(14-5-3-2-4-6-14)13-24-10-9-16(25)12-24/h2-8,11,16,19,25H,9-10,12-13H2,1H3,(H2,22,26). The second kappa shape index (κ2) is 7.85. The first-order valence-electron chi connectivity index (χ1n) is 8.73. The number of hydrogen-bond acceptors (Lipinski definition) is 4. The summed E-state index contributed by atoms with van der Waals surface area (Å²) in [6, 6.07) is 14.1. The molecule has 1 fully saturated rings. The topological polar surface area (TPSA) is 69.8 Å². The zero-order valence-corrected chi connectivity index (χ0v) is 14.8. The summed E-state index contributed by atoms with van der Waals surface area (Å²) >= 11 is 0. The smallest absolute Gasteiger partial charge is 0.248 e. The van der Waals surface area contributed by atoms with Gasteiger partial charge in [-0.15, -0.1) is 0 Å². The van der Waals surface area contributed by atoms with Crippen molar-refractivity contribution in [3.63, 3.8) is 0 Å². The quantitative estimate of drug-likeness (QED) is 0.831. The van der Waals surface area contributed by atoms with E-state index in [4.69, 9.17) is 5.73 Å². The molecule has 3 rings (SSSR count). The molecule has 1 aliphatic heterocycles. The number of hydrogen-bond donors (Lipinski definition) is 2. The van der Waals surface area contributed by atoms with Crippen molar-refractivity contribution in [2.75, 3.05) is 31.6 Å². The molecule has 2 atom stereocenters. The van der Waals surface area contributed by atoms with Crippen molar-refractivity contribution in [2.45, 2.75) is 18.6 Å². The van der Waals surface area contributed by atoms with E-state index in [1.807, 2.05) is 42.3 Å². The summed E-state index contributed by atoms with van der Waals surface area (Å²) in [5, 5.41) is 9.81. The largest absolute Gasteiger partial charge is 0.392 e. The summed E-state index contributed by atoms with van der Waals surface area (Å²) in [6.07, 6.45) is 0.454. The zero-order chi connectivity index (χ0) is 18.7. The zero-order valence-electron chi connectivity index (χ0n) is 14.8. The lowest BCUT2D eigenvalue weighted by atomic mass is 10.0. The first-order valence-corrected chi connectivity index (χ1v) is 8.73. The van der Waals surface area contributed by atoms with Gasteiger partial charge in [-0.2, -0.15) is 0 Å². The summed E-state index contributed by atoms with van der Waals surface area (Å²) in [5.74, 6) is -1.13. The summed E-state index contributed by atoms with van der Waals surface area (Å²) in [4.78, 5) is 15.3. The molecular weight excluding hydrogens is 333 g/mol. The number of benzene rings is 2. The first-order chi connectivity index (χ1) is 12.5. The maximum Gasteiger partial charge on any atom is 0.248 e. The SMILES string of the molecule is CN(c1ccc(C(N)=O)cc1F)C(CN1CCC(O)C1)c1ccccc1. The maximum atomic E-state index is 14.6. The van der Waals surface area contributed by atoms with Crippen LogP contribution >= 0.6 is 0 Å². The van der Waals surface area contributed by atoms with Crippen molar-refractivity contribution in [1.82, 2.24) is 4.90 Å². The molecule has 1 aliphatic rings. The number of primary amides is 1. The molecule has 2 aromatic rings. The minimum Gasteiger partial charge on any atom is -0.392 e. The van der Waals surface area contributed by atoms with Crippen LogP contribution in [0.1, 0.15) is 28.4 Å². The van der Waals surface area contributed by atoms with Crippen LogP contribution in [-0.2, 0) is 0 Å². The monoisotopic (exact) mass is 357 g/mol. The number of likely N-dealkylation sites (N-methyl/N-ethyl adjacent to an activating group) is 1. The number of rotatable bonds is 6. The minimum atomic E-state index is -0.649. The summed E-state index contributed by atoms with van der Waals surface area (Å²) < 4.78 is 14.6. The van der Waals surface area contributed by atoms with E-state index < -0.39 is 11.7 Å². The van der Waals surface area contributed by atoms with E-state index in [0.717, 1.165) is 18.5 Å². The number of anilines is 1. The van der Waals surface area contributed by atoms with E-state index in [0.29, 0.717) is 18.8 Å². The van der Waals surface area contributed by atoms with Crippen molar-refractivity contribution < 1.29 is 14.3 Å². The highest BCUT2D eigenvalue weighted by Crippen LogP contribution is 2.30. The Kier molecular flexibility index (Phi) is 5.54. The Morgan fingerprint density at radius 3 is 2.65 bits per heavy atom. The number of amides is 1. The van der Waals surface area contributed by atoms with Crippen molar-refractivity contribution in [1.29, 1.82) is 0 Å². The fourth-order valence-electron chi connectivity index (χ4n) is 3.46. The molecule has 5 nitrogen and oxygen atoms in total. The Morgan fingerprint density at radius 1 is 1.35 bits per heavy atom. The van der Waals surface area contributed by atoms with Gasteiger partial charge in [-0.3, -0.25) is 9.69 Å². The number of β-amino-alcohol motifs (C(OH)–C–C–N with tert-alkyl or cyclic N) is 1. The van der Waals surface area contributed by atoms with Crippen LogP contribution < -0.4 is 10.6 Å². The van der Waals surface area contributed by atoms with Gasteiger partial charge in [0.2, 0.25) is 5.91 Å². The Bertz CT molecular complexity index is 769. The Balaban J connectivity index is 1.89. The van der Waals surface area contributed by atoms with E-state index in [1.165, 1.54) is 6.07 Å². The Labute approximate surface area is 152 Å². The van der Waals surface area contributed by atoms with Gasteiger partial charge in [0.05, 0.1) is 17.8 Å². The van der Waals surface area contributed by atoms with Gasteiger partial charge in [0.25, 0.3) is 0 Å². The lowest BCUT2D eigenvalue weighted by Gasteiger charge is -2.34. The number of carbonyl (C=O) groups is 1. The van der Waals surface area contributed by atoms with Crippen molar-refractivity contribution >= 4 is 11.6 Å². The van der Waals surface area contributed by atoms with Gasteiger partial charge in [0.15, 0.2) is 0 Å². The predicted molar refractivity (Wildman–Crippen MR) is 99.6 cm³/mol. The van der Waals surface area contributed by atoms with Crippen LogP contribution in [0, 0.1) is 5.82 Å². The molecular formula is C20H24FN3O2. The van der Waals surface area contributed by atoms with E-state index in [1.54, 1.807) is 12.1 Å². The highest BCUT2D eigenvalue weighted by molar-refractivity contribution is 5.93. The number of nitrogens with two attached hydrogens (primary N) is 1. The molecule has 1 saturated heterocycles. The molecule has 0 spiro atoms. The number of halogens is 1. The normalized spacial score (nSPS) is 18.7. The molecule has 0 aromatic heterocycles. The summed E-state index contributed by atoms with van der Waals surface area (Å²) in [5.41, 5.74) is 6.85. The lowest BCUT2D eigenvalue weighted by molar-refractivity contribution is 0.1000. The molecule has 0 aliphatic carbocycles. The maximum absolute atomic E-state index is 14.6. The van der Waals surface area contributed by atoms with E-state index in [-0.39, 0.29) is 17.7 Å². The van der Waals surface area contributed by atoms with E-state index in [9.17, 15) is 14.3 Å². The number of carbonyl (C=O) groups excluding carboxylic acids is 1. The van der Waals surface area contributed by atoms with Crippen LogP contribution in [0.4, 0.5) is 10.1 Å². The molecule has 2 unspecified atom stereocenters.